The molecule has 0 atom stereocenters. The van der Waals surface area contributed by atoms with Crippen LogP contribution >= 0.6 is 11.3 Å². The van der Waals surface area contributed by atoms with Gasteiger partial charge in [0.25, 0.3) is 0 Å². The molecule has 0 amide bonds. The van der Waals surface area contributed by atoms with E-state index in [1.807, 2.05) is 0 Å². The highest BCUT2D eigenvalue weighted by atomic mass is 32.2. The molecule has 2 rings (SSSR count). The average molecular weight is 377 g/mol. The Labute approximate surface area is 141 Å². The van der Waals surface area contributed by atoms with Crippen LogP contribution in [0.5, 0.6) is 0 Å². The molecule has 1 aromatic carbocycles. The second-order valence-corrected chi connectivity index (χ2v) is 7.82. The fourth-order valence-corrected chi connectivity index (χ4v) is 4.10. The molecule has 4 nitrogen and oxygen atoms in total. The second-order valence-electron chi connectivity index (χ2n) is 5.10. The van der Waals surface area contributed by atoms with Gasteiger partial charge in [-0.05, 0) is 41.4 Å². The van der Waals surface area contributed by atoms with Crippen molar-refractivity contribution in [1.82, 2.24) is 4.31 Å². The molecular weight excluding hydrogens is 363 g/mol. The van der Waals surface area contributed by atoms with Gasteiger partial charge in [0.05, 0.1) is 4.90 Å². The summed E-state index contributed by atoms with van der Waals surface area (Å²) in [6.07, 6.45) is -4.66. The van der Waals surface area contributed by atoms with Gasteiger partial charge in [-0.3, -0.25) is 4.79 Å². The molecular formula is C15H14F3NO3S2. The van der Waals surface area contributed by atoms with Crippen LogP contribution < -0.4 is 0 Å². The lowest BCUT2D eigenvalue weighted by atomic mass is 10.2. The third-order valence-corrected chi connectivity index (χ3v) is 5.73. The van der Waals surface area contributed by atoms with Crippen LogP contribution in [0.2, 0.25) is 0 Å². The molecule has 0 aliphatic rings. The van der Waals surface area contributed by atoms with E-state index in [1.54, 1.807) is 16.8 Å². The normalized spacial score (nSPS) is 12.5. The van der Waals surface area contributed by atoms with Crippen LogP contribution in [0.4, 0.5) is 13.2 Å². The second kappa shape index (κ2) is 7.04. The monoisotopic (exact) mass is 377 g/mol. The largest absolute Gasteiger partial charge is 0.402 e. The zero-order valence-electron chi connectivity index (χ0n) is 12.6. The number of thiophene rings is 1. The van der Waals surface area contributed by atoms with Crippen molar-refractivity contribution >= 4 is 27.1 Å². The van der Waals surface area contributed by atoms with Crippen molar-refractivity contribution in [1.29, 1.82) is 0 Å². The SMILES string of the molecule is CC(=O)c1ccc(S(=O)(=O)N(Cc2ccsc2)CC(F)(F)F)cc1. The molecule has 0 fully saturated rings. The van der Waals surface area contributed by atoms with E-state index in [9.17, 15) is 26.4 Å². The van der Waals surface area contributed by atoms with Crippen molar-refractivity contribution in [2.45, 2.75) is 24.5 Å². The van der Waals surface area contributed by atoms with E-state index in [0.717, 1.165) is 12.1 Å². The molecule has 1 heterocycles. The summed E-state index contributed by atoms with van der Waals surface area (Å²) in [5.74, 6) is -0.260. The van der Waals surface area contributed by atoms with Gasteiger partial charge >= 0.3 is 6.18 Å². The first kappa shape index (κ1) is 18.6. The van der Waals surface area contributed by atoms with Crippen LogP contribution in [0.1, 0.15) is 22.8 Å². The number of sulfonamides is 1. The fraction of sp³-hybridized carbons (Fsp3) is 0.267. The standard InChI is InChI=1S/C15H14F3NO3S2/c1-11(20)13-2-4-14(5-3-13)24(21,22)19(10-15(16,17)18)8-12-6-7-23-9-12/h2-7,9H,8,10H2,1H3. The molecule has 9 heteroatoms. The molecule has 0 aliphatic heterocycles. The van der Waals surface area contributed by atoms with Crippen LogP contribution in [0.25, 0.3) is 0 Å². The van der Waals surface area contributed by atoms with Crippen LogP contribution in [-0.2, 0) is 16.6 Å². The Hall–Kier alpha value is -1.71. The molecule has 0 spiro atoms. The maximum atomic E-state index is 12.8. The lowest BCUT2D eigenvalue weighted by Gasteiger charge is -2.23. The minimum atomic E-state index is -4.66. The minimum absolute atomic E-state index is 0.260. The van der Waals surface area contributed by atoms with Crippen molar-refractivity contribution in [3.8, 4) is 0 Å². The van der Waals surface area contributed by atoms with Crippen molar-refractivity contribution in [3.05, 3.63) is 52.2 Å². The molecule has 24 heavy (non-hydrogen) atoms. The van der Waals surface area contributed by atoms with Crippen LogP contribution in [0.15, 0.2) is 46.0 Å². The smallest absolute Gasteiger partial charge is 0.295 e. The Kier molecular flexibility index (Phi) is 5.46. The Morgan fingerprint density at radius 2 is 1.79 bits per heavy atom. The summed E-state index contributed by atoms with van der Waals surface area (Å²) in [7, 11) is -4.35. The lowest BCUT2D eigenvalue weighted by molar-refractivity contribution is -0.136. The van der Waals surface area contributed by atoms with Gasteiger partial charge in [-0.15, -0.1) is 0 Å². The Bertz CT molecular complexity index is 797. The molecule has 0 N–H and O–H groups in total. The number of carbonyl (C=O) groups excluding carboxylic acids is 1. The number of Topliss-reactive ketones (excluding diaryl/α,β-unsaturated/α-hetero) is 1. The predicted molar refractivity (Wildman–Crippen MR) is 84.4 cm³/mol. The molecule has 0 saturated heterocycles. The third kappa shape index (κ3) is 4.65. The maximum Gasteiger partial charge on any atom is 0.402 e. The third-order valence-electron chi connectivity index (χ3n) is 3.19. The highest BCUT2D eigenvalue weighted by Crippen LogP contribution is 2.25. The average Bonchev–Trinajstić information content (AvgIpc) is 2.98. The van der Waals surface area contributed by atoms with E-state index in [0.29, 0.717) is 9.87 Å². The summed E-state index contributed by atoms with van der Waals surface area (Å²) in [6, 6.07) is 6.42. The summed E-state index contributed by atoms with van der Waals surface area (Å²) < 4.78 is 63.9. The molecule has 0 aliphatic carbocycles. The van der Waals surface area contributed by atoms with E-state index >= 15 is 0 Å². The first-order valence-electron chi connectivity index (χ1n) is 6.78. The quantitative estimate of drug-likeness (QED) is 0.722. The van der Waals surface area contributed by atoms with Crippen molar-refractivity contribution < 1.29 is 26.4 Å². The van der Waals surface area contributed by atoms with Crippen LogP contribution in [-0.4, -0.2) is 31.2 Å². The van der Waals surface area contributed by atoms with E-state index in [2.05, 4.69) is 0 Å². The number of alkyl halides is 3. The summed E-state index contributed by atoms with van der Waals surface area (Å²) in [6.45, 7) is -0.643. The zero-order chi connectivity index (χ0) is 18.0. The maximum absolute atomic E-state index is 12.8. The molecule has 0 unspecified atom stereocenters. The first-order valence-corrected chi connectivity index (χ1v) is 9.17. The number of ketones is 1. The van der Waals surface area contributed by atoms with Gasteiger partial charge in [-0.2, -0.15) is 28.8 Å². The van der Waals surface area contributed by atoms with Crippen molar-refractivity contribution in [2.24, 2.45) is 0 Å². The molecule has 0 bridgehead atoms. The molecule has 130 valence electrons. The van der Waals surface area contributed by atoms with E-state index in [-0.39, 0.29) is 22.8 Å². The van der Waals surface area contributed by atoms with Gasteiger partial charge in [0.1, 0.15) is 6.54 Å². The number of halogens is 3. The van der Waals surface area contributed by atoms with Gasteiger partial charge in [0, 0.05) is 12.1 Å². The van der Waals surface area contributed by atoms with Crippen LogP contribution in [0.3, 0.4) is 0 Å². The van der Waals surface area contributed by atoms with E-state index in [4.69, 9.17) is 0 Å². The van der Waals surface area contributed by atoms with Gasteiger partial charge in [0.2, 0.25) is 10.0 Å². The predicted octanol–water partition coefficient (Wildman–Crippen LogP) is 3.70. The summed E-state index contributed by atoms with van der Waals surface area (Å²) in [5, 5.41) is 3.26. The zero-order valence-corrected chi connectivity index (χ0v) is 14.2. The number of benzene rings is 1. The van der Waals surface area contributed by atoms with E-state index in [1.165, 1.54) is 30.4 Å². The number of nitrogens with zero attached hydrogens (tertiary/aromatic N) is 1. The molecule has 1 aromatic heterocycles. The summed E-state index contributed by atoms with van der Waals surface area (Å²) >= 11 is 1.27. The van der Waals surface area contributed by atoms with Crippen LogP contribution in [0, 0.1) is 0 Å². The minimum Gasteiger partial charge on any atom is -0.295 e. The van der Waals surface area contributed by atoms with Crippen molar-refractivity contribution in [2.75, 3.05) is 6.54 Å². The number of hydrogen-bond acceptors (Lipinski definition) is 4. The van der Waals surface area contributed by atoms with Gasteiger partial charge < -0.3 is 0 Å². The highest BCUT2D eigenvalue weighted by Gasteiger charge is 2.37. The Morgan fingerprint density at radius 1 is 1.17 bits per heavy atom. The number of hydrogen-bond donors (Lipinski definition) is 0. The Balaban J connectivity index is 2.36. The topological polar surface area (TPSA) is 54.5 Å². The highest BCUT2D eigenvalue weighted by molar-refractivity contribution is 7.89. The van der Waals surface area contributed by atoms with Gasteiger partial charge in [0.15, 0.2) is 5.78 Å². The van der Waals surface area contributed by atoms with Gasteiger partial charge in [-0.25, -0.2) is 8.42 Å². The van der Waals surface area contributed by atoms with E-state index < -0.39 is 22.7 Å². The molecule has 0 saturated carbocycles. The summed E-state index contributed by atoms with van der Waals surface area (Å²) in [4.78, 5) is 10.9. The Morgan fingerprint density at radius 3 is 2.25 bits per heavy atom. The number of rotatable bonds is 6. The summed E-state index contributed by atoms with van der Waals surface area (Å²) in [5.41, 5.74) is 0.766. The first-order chi connectivity index (χ1) is 11.1. The molecule has 0 radical (unpaired) electrons. The molecule has 2 aromatic rings. The lowest BCUT2D eigenvalue weighted by Crippen LogP contribution is -2.38. The van der Waals surface area contributed by atoms with Crippen molar-refractivity contribution in [3.63, 3.8) is 0 Å². The number of carbonyl (C=O) groups is 1. The van der Waals surface area contributed by atoms with Gasteiger partial charge in [-0.1, -0.05) is 12.1 Å². The fourth-order valence-electron chi connectivity index (χ4n) is 2.02.